The molecule has 2 aromatic carbocycles. The van der Waals surface area contributed by atoms with E-state index in [1.54, 1.807) is 29.2 Å². The number of benzene rings is 2. The monoisotopic (exact) mass is 445 g/mol. The lowest BCUT2D eigenvalue weighted by Crippen LogP contribution is -2.28. The zero-order chi connectivity index (χ0) is 21.5. The van der Waals surface area contributed by atoms with Crippen LogP contribution < -0.4 is 15.0 Å². The van der Waals surface area contributed by atoms with Crippen LogP contribution in [0.4, 0.5) is 5.95 Å². The Morgan fingerprint density at radius 2 is 1.60 bits per heavy atom. The fraction of sp³-hybridized carbons (Fsp3) is 0.238. The molecule has 0 aliphatic carbocycles. The summed E-state index contributed by atoms with van der Waals surface area (Å²) in [5, 5.41) is 4.04. The first-order chi connectivity index (χ1) is 14.4. The van der Waals surface area contributed by atoms with Gasteiger partial charge in [-0.25, -0.2) is 0 Å². The summed E-state index contributed by atoms with van der Waals surface area (Å²) in [5.41, 5.74) is 1.55. The van der Waals surface area contributed by atoms with E-state index >= 15 is 0 Å². The van der Waals surface area contributed by atoms with Crippen molar-refractivity contribution in [3.63, 3.8) is 0 Å². The standard InChI is InChI=1S/C21H21Cl2N5O2/c1-28(2)20-25-18(13-14-3-7-16(22)8-4-14)26-21(27-20)30-12-11-24-19(29)15-5-9-17(23)10-6-15/h3-10H,11-13H2,1-2H3,(H,24,29). The minimum Gasteiger partial charge on any atom is -0.461 e. The van der Waals surface area contributed by atoms with Crippen molar-refractivity contribution >= 4 is 35.1 Å². The third kappa shape index (κ3) is 6.30. The topological polar surface area (TPSA) is 80.2 Å². The number of aromatic nitrogens is 3. The van der Waals surface area contributed by atoms with Crippen LogP contribution in [0.5, 0.6) is 6.01 Å². The molecule has 0 bridgehead atoms. The van der Waals surface area contributed by atoms with Crippen molar-refractivity contribution in [2.45, 2.75) is 6.42 Å². The number of ether oxygens (including phenoxy) is 1. The van der Waals surface area contributed by atoms with Gasteiger partial charge in [-0.1, -0.05) is 35.3 Å². The number of halogens is 2. The quantitative estimate of drug-likeness (QED) is 0.533. The highest BCUT2D eigenvalue weighted by atomic mass is 35.5. The fourth-order valence-corrected chi connectivity index (χ4v) is 2.78. The van der Waals surface area contributed by atoms with Crippen LogP contribution >= 0.6 is 23.2 Å². The van der Waals surface area contributed by atoms with Crippen LogP contribution in [0.25, 0.3) is 0 Å². The van der Waals surface area contributed by atoms with E-state index in [-0.39, 0.29) is 18.5 Å². The predicted octanol–water partition coefficient (Wildman–Crippen LogP) is 3.64. The largest absolute Gasteiger partial charge is 0.461 e. The number of nitrogens with one attached hydrogen (secondary N) is 1. The van der Waals surface area contributed by atoms with Crippen LogP contribution in [-0.2, 0) is 6.42 Å². The molecule has 7 nitrogen and oxygen atoms in total. The molecule has 30 heavy (non-hydrogen) atoms. The highest BCUT2D eigenvalue weighted by Crippen LogP contribution is 2.15. The molecule has 3 rings (SSSR count). The summed E-state index contributed by atoms with van der Waals surface area (Å²) in [7, 11) is 3.69. The first-order valence-electron chi connectivity index (χ1n) is 9.24. The van der Waals surface area contributed by atoms with Gasteiger partial charge in [0.1, 0.15) is 12.4 Å². The Labute approximate surface area is 185 Å². The fourth-order valence-electron chi connectivity index (χ4n) is 2.53. The van der Waals surface area contributed by atoms with E-state index in [0.29, 0.717) is 40.3 Å². The molecule has 3 aromatic rings. The van der Waals surface area contributed by atoms with Crippen molar-refractivity contribution < 1.29 is 9.53 Å². The van der Waals surface area contributed by atoms with E-state index in [2.05, 4.69) is 20.3 Å². The molecule has 0 spiro atoms. The average molecular weight is 446 g/mol. The van der Waals surface area contributed by atoms with Crippen LogP contribution in [-0.4, -0.2) is 48.1 Å². The van der Waals surface area contributed by atoms with E-state index in [9.17, 15) is 4.79 Å². The SMILES string of the molecule is CN(C)c1nc(Cc2ccc(Cl)cc2)nc(OCCNC(=O)c2ccc(Cl)cc2)n1. The molecule has 0 aliphatic rings. The van der Waals surface area contributed by atoms with E-state index < -0.39 is 0 Å². The summed E-state index contributed by atoms with van der Waals surface area (Å²) in [6.07, 6.45) is 0.518. The molecule has 1 N–H and O–H groups in total. The number of rotatable bonds is 8. The molecule has 9 heteroatoms. The third-order valence-corrected chi connectivity index (χ3v) is 4.55. The normalized spacial score (nSPS) is 10.5. The zero-order valence-corrected chi connectivity index (χ0v) is 18.1. The van der Waals surface area contributed by atoms with E-state index in [4.69, 9.17) is 27.9 Å². The lowest BCUT2D eigenvalue weighted by molar-refractivity contribution is 0.0946. The van der Waals surface area contributed by atoms with Crippen LogP contribution in [0.3, 0.4) is 0 Å². The average Bonchev–Trinajstić information content (AvgIpc) is 2.73. The Bertz CT molecular complexity index is 995. The highest BCUT2D eigenvalue weighted by Gasteiger charge is 2.11. The Morgan fingerprint density at radius 1 is 0.967 bits per heavy atom. The van der Waals surface area contributed by atoms with Gasteiger partial charge < -0.3 is 15.0 Å². The van der Waals surface area contributed by atoms with E-state index in [1.807, 2.05) is 38.4 Å². The number of amides is 1. The maximum atomic E-state index is 12.1. The van der Waals surface area contributed by atoms with Crippen molar-refractivity contribution in [2.24, 2.45) is 0 Å². The smallest absolute Gasteiger partial charge is 0.321 e. The third-order valence-electron chi connectivity index (χ3n) is 4.05. The minimum atomic E-state index is -0.205. The van der Waals surface area contributed by atoms with Crippen LogP contribution in [0.15, 0.2) is 48.5 Å². The summed E-state index contributed by atoms with van der Waals surface area (Å²) >= 11 is 11.8. The van der Waals surface area contributed by atoms with Gasteiger partial charge in [0.2, 0.25) is 5.95 Å². The van der Waals surface area contributed by atoms with Gasteiger partial charge in [-0.15, -0.1) is 0 Å². The number of carbonyl (C=O) groups excluding carboxylic acids is 1. The predicted molar refractivity (Wildman–Crippen MR) is 118 cm³/mol. The molecule has 0 unspecified atom stereocenters. The zero-order valence-electron chi connectivity index (χ0n) is 16.6. The van der Waals surface area contributed by atoms with Gasteiger partial charge in [0.15, 0.2) is 0 Å². The maximum absolute atomic E-state index is 12.1. The highest BCUT2D eigenvalue weighted by molar-refractivity contribution is 6.30. The van der Waals surface area contributed by atoms with Gasteiger partial charge in [0.25, 0.3) is 5.91 Å². The summed E-state index contributed by atoms with van der Waals surface area (Å²) in [6, 6.07) is 14.4. The van der Waals surface area contributed by atoms with Gasteiger partial charge in [-0.2, -0.15) is 15.0 Å². The first kappa shape index (κ1) is 21.8. The van der Waals surface area contributed by atoms with Crippen LogP contribution in [0.1, 0.15) is 21.7 Å². The first-order valence-corrected chi connectivity index (χ1v) is 9.99. The molecule has 1 amide bonds. The van der Waals surface area contributed by atoms with E-state index in [1.165, 1.54) is 0 Å². The maximum Gasteiger partial charge on any atom is 0.321 e. The number of anilines is 1. The molecular formula is C21H21Cl2N5O2. The van der Waals surface area contributed by atoms with Crippen molar-refractivity contribution in [1.29, 1.82) is 0 Å². The molecule has 1 aromatic heterocycles. The van der Waals surface area contributed by atoms with Gasteiger partial charge in [0.05, 0.1) is 6.54 Å². The van der Waals surface area contributed by atoms with Crippen molar-refractivity contribution in [3.05, 3.63) is 75.5 Å². The lowest BCUT2D eigenvalue weighted by Gasteiger charge is -2.13. The molecule has 0 aliphatic heterocycles. The summed E-state index contributed by atoms with van der Waals surface area (Å²) < 4.78 is 5.65. The molecule has 0 radical (unpaired) electrons. The molecule has 0 fully saturated rings. The lowest BCUT2D eigenvalue weighted by atomic mass is 10.1. The molecule has 1 heterocycles. The van der Waals surface area contributed by atoms with Gasteiger partial charge in [-0.3, -0.25) is 4.79 Å². The van der Waals surface area contributed by atoms with Crippen molar-refractivity contribution in [1.82, 2.24) is 20.3 Å². The number of hydrogen-bond acceptors (Lipinski definition) is 6. The second-order valence-corrected chi connectivity index (χ2v) is 7.52. The van der Waals surface area contributed by atoms with Crippen molar-refractivity contribution in [3.8, 4) is 6.01 Å². The number of carbonyl (C=O) groups is 1. The molecule has 0 atom stereocenters. The molecule has 0 saturated carbocycles. The number of hydrogen-bond donors (Lipinski definition) is 1. The summed E-state index contributed by atoms with van der Waals surface area (Å²) in [5.74, 6) is 0.869. The van der Waals surface area contributed by atoms with Gasteiger partial charge >= 0.3 is 6.01 Å². The Morgan fingerprint density at radius 3 is 2.23 bits per heavy atom. The Balaban J connectivity index is 1.60. The minimum absolute atomic E-state index is 0.205. The van der Waals surface area contributed by atoms with Gasteiger partial charge in [0, 0.05) is 36.1 Å². The Kier molecular flexibility index (Phi) is 7.43. The van der Waals surface area contributed by atoms with Crippen LogP contribution in [0, 0.1) is 0 Å². The molecule has 0 saturated heterocycles. The second kappa shape index (κ2) is 10.2. The second-order valence-electron chi connectivity index (χ2n) is 6.64. The molecular weight excluding hydrogens is 425 g/mol. The van der Waals surface area contributed by atoms with Gasteiger partial charge in [-0.05, 0) is 42.0 Å². The van der Waals surface area contributed by atoms with E-state index in [0.717, 1.165) is 5.56 Å². The number of nitrogens with zero attached hydrogens (tertiary/aromatic N) is 4. The Hall–Kier alpha value is -2.90. The van der Waals surface area contributed by atoms with Crippen LogP contribution in [0.2, 0.25) is 10.0 Å². The van der Waals surface area contributed by atoms with Crippen molar-refractivity contribution in [2.75, 3.05) is 32.1 Å². The summed E-state index contributed by atoms with van der Waals surface area (Å²) in [6.45, 7) is 0.521. The summed E-state index contributed by atoms with van der Waals surface area (Å²) in [4.78, 5) is 27.1. The molecule has 156 valence electrons.